The number of rotatable bonds is 2. The lowest BCUT2D eigenvalue weighted by atomic mass is 10.1. The number of anilines is 2. The van der Waals surface area contributed by atoms with Crippen LogP contribution in [0.15, 0.2) is 100 Å². The molecule has 0 fully saturated rings. The number of aryl methyl sites for hydroxylation is 2. The largest absolute Gasteiger partial charge is 0.437 e. The van der Waals surface area contributed by atoms with E-state index < -0.39 is 0 Å². The molecule has 6 heteroatoms. The molecule has 0 spiro atoms. The van der Waals surface area contributed by atoms with Crippen LogP contribution in [0.3, 0.4) is 0 Å². The number of carbonyl (C=O) groups is 1. The molecule has 176 valence electrons. The third kappa shape index (κ3) is 3.37. The molecule has 0 aliphatic carbocycles. The monoisotopic (exact) mass is 536 g/mol. The summed E-state index contributed by atoms with van der Waals surface area (Å²) < 4.78 is 8.98. The number of pyridine rings is 1. The number of fused-ring (bicyclic) bond motifs is 4. The molecule has 5 nitrogen and oxygen atoms in total. The summed E-state index contributed by atoms with van der Waals surface area (Å²) in [5, 5.41) is 1.14. The summed E-state index contributed by atoms with van der Waals surface area (Å²) in [6, 6.07) is 28.0. The van der Waals surface area contributed by atoms with Gasteiger partial charge in [0, 0.05) is 15.2 Å². The second kappa shape index (κ2) is 8.50. The molecule has 5 aromatic rings. The average molecular weight is 537 g/mol. The number of para-hydroxylation sites is 2. The Balaban J connectivity index is 1.84. The van der Waals surface area contributed by atoms with E-state index in [2.05, 4.69) is 15.9 Å². The summed E-state index contributed by atoms with van der Waals surface area (Å²) in [5.74, 6) is 0.463. The highest BCUT2D eigenvalue weighted by Crippen LogP contribution is 2.46. The quantitative estimate of drug-likeness (QED) is 0.235. The number of hydrogen-bond acceptors (Lipinski definition) is 3. The molecule has 0 bridgehead atoms. The van der Waals surface area contributed by atoms with Gasteiger partial charge in [-0.05, 0) is 61.4 Å². The highest BCUT2D eigenvalue weighted by molar-refractivity contribution is 9.10. The molecule has 2 heterocycles. The fraction of sp³-hybridized carbons (Fsp3) is 0.0667. The minimum Gasteiger partial charge on any atom is -0.437 e. The van der Waals surface area contributed by atoms with Crippen LogP contribution in [-0.4, -0.2) is 10.5 Å². The summed E-state index contributed by atoms with van der Waals surface area (Å²) in [4.78, 5) is 29.9. The van der Waals surface area contributed by atoms with E-state index in [1.807, 2.05) is 86.6 Å². The second-order valence-corrected chi connectivity index (χ2v) is 9.71. The van der Waals surface area contributed by atoms with Crippen molar-refractivity contribution in [1.29, 1.82) is 0 Å². The fourth-order valence-electron chi connectivity index (χ4n) is 4.90. The van der Waals surface area contributed by atoms with Crippen molar-refractivity contribution in [1.82, 2.24) is 4.57 Å². The molecule has 0 radical (unpaired) electrons. The highest BCUT2D eigenvalue weighted by atomic mass is 79.9. The molecular weight excluding hydrogens is 516 g/mol. The van der Waals surface area contributed by atoms with Gasteiger partial charge in [-0.1, -0.05) is 70.5 Å². The van der Waals surface area contributed by atoms with Crippen LogP contribution < -0.4 is 15.2 Å². The van der Waals surface area contributed by atoms with Gasteiger partial charge in [-0.2, -0.15) is 0 Å². The summed E-state index contributed by atoms with van der Waals surface area (Å²) in [7, 11) is 0. The van der Waals surface area contributed by atoms with Gasteiger partial charge in [-0.25, -0.2) is 4.57 Å². The summed E-state index contributed by atoms with van der Waals surface area (Å²) in [6.07, 6.45) is 0. The number of carbonyl (C=O) groups excluding carboxylic acids is 1. The number of nitrogens with zero attached hydrogens (tertiary/aromatic N) is 2. The van der Waals surface area contributed by atoms with Crippen LogP contribution in [0.5, 0.6) is 11.6 Å². The molecule has 1 aliphatic heterocycles. The van der Waals surface area contributed by atoms with Gasteiger partial charge in [0.1, 0.15) is 11.4 Å². The number of benzene rings is 4. The minimum atomic E-state index is -0.237. The Morgan fingerprint density at radius 1 is 0.722 bits per heavy atom. The van der Waals surface area contributed by atoms with Crippen molar-refractivity contribution in [3.05, 3.63) is 123 Å². The van der Waals surface area contributed by atoms with Gasteiger partial charge in [0.05, 0.1) is 16.9 Å². The van der Waals surface area contributed by atoms with Gasteiger partial charge >= 0.3 is 0 Å². The van der Waals surface area contributed by atoms with Gasteiger partial charge in [0.2, 0.25) is 5.88 Å². The molecule has 1 aromatic heterocycles. The van der Waals surface area contributed by atoms with E-state index in [9.17, 15) is 9.59 Å². The first-order valence-electron chi connectivity index (χ1n) is 11.6. The molecule has 4 aromatic carbocycles. The van der Waals surface area contributed by atoms with Gasteiger partial charge in [-0.15, -0.1) is 0 Å². The lowest BCUT2D eigenvalue weighted by Crippen LogP contribution is -2.28. The van der Waals surface area contributed by atoms with E-state index in [0.29, 0.717) is 39.3 Å². The molecule has 0 saturated carbocycles. The Morgan fingerprint density at radius 2 is 1.39 bits per heavy atom. The van der Waals surface area contributed by atoms with Crippen LogP contribution in [-0.2, 0) is 0 Å². The van der Waals surface area contributed by atoms with Crippen molar-refractivity contribution in [2.24, 2.45) is 0 Å². The molecule has 1 amide bonds. The first-order chi connectivity index (χ1) is 17.5. The Labute approximate surface area is 216 Å². The minimum absolute atomic E-state index is 0.206. The maximum atomic E-state index is 14.2. The number of ether oxygens (including phenoxy) is 1. The molecule has 36 heavy (non-hydrogen) atoms. The standard InChI is InChI=1S/C30H21BrN2O3/c1-18-9-7-10-19(2)26(18)33-28(34)23-14-4-3-13-22(23)27-30(33)36-25-16-6-5-15-24(25)29(35)32(27)21-12-8-11-20(31)17-21/h3-17H,1-2H3. The van der Waals surface area contributed by atoms with E-state index >= 15 is 0 Å². The van der Waals surface area contributed by atoms with Crippen molar-refractivity contribution in [2.45, 2.75) is 13.8 Å². The molecule has 0 saturated heterocycles. The van der Waals surface area contributed by atoms with E-state index in [1.54, 1.807) is 27.7 Å². The third-order valence-electron chi connectivity index (χ3n) is 6.50. The van der Waals surface area contributed by atoms with Gasteiger partial charge in [0.25, 0.3) is 11.5 Å². The molecular formula is C30H21BrN2O3. The molecule has 1 aliphatic rings. The van der Waals surface area contributed by atoms with Crippen LogP contribution in [0.25, 0.3) is 16.5 Å². The van der Waals surface area contributed by atoms with Gasteiger partial charge in [0.15, 0.2) is 0 Å². The third-order valence-corrected chi connectivity index (χ3v) is 6.99. The van der Waals surface area contributed by atoms with E-state index in [1.165, 1.54) is 0 Å². The first-order valence-corrected chi connectivity index (χ1v) is 12.4. The SMILES string of the molecule is Cc1cccc(C)c1-n1c2c(c3ccccc3c1=O)N(c1cccc(Br)c1)C(=O)c1ccccc1O2. The predicted molar refractivity (Wildman–Crippen MR) is 146 cm³/mol. The Bertz CT molecular complexity index is 1740. The summed E-state index contributed by atoms with van der Waals surface area (Å²) in [6.45, 7) is 3.94. The number of halogens is 1. The lowest BCUT2D eigenvalue weighted by molar-refractivity contribution is 0.0999. The van der Waals surface area contributed by atoms with E-state index in [-0.39, 0.29) is 11.5 Å². The van der Waals surface area contributed by atoms with Gasteiger partial charge in [-0.3, -0.25) is 14.5 Å². The van der Waals surface area contributed by atoms with Crippen LogP contribution in [0.2, 0.25) is 0 Å². The number of aromatic nitrogens is 1. The van der Waals surface area contributed by atoms with Crippen molar-refractivity contribution in [3.63, 3.8) is 0 Å². The Morgan fingerprint density at radius 3 is 2.14 bits per heavy atom. The Hall–Kier alpha value is -4.16. The predicted octanol–water partition coefficient (Wildman–Crippen LogP) is 7.45. The Kier molecular flexibility index (Phi) is 5.27. The zero-order valence-electron chi connectivity index (χ0n) is 19.7. The van der Waals surface area contributed by atoms with Crippen LogP contribution in [0, 0.1) is 13.8 Å². The summed E-state index contributed by atoms with van der Waals surface area (Å²) in [5.41, 5.74) is 3.98. The zero-order valence-corrected chi connectivity index (χ0v) is 21.2. The van der Waals surface area contributed by atoms with Crippen LogP contribution in [0.4, 0.5) is 11.4 Å². The van der Waals surface area contributed by atoms with Crippen LogP contribution in [0.1, 0.15) is 21.5 Å². The first kappa shape index (κ1) is 22.3. The van der Waals surface area contributed by atoms with Crippen molar-refractivity contribution < 1.29 is 9.53 Å². The molecule has 6 rings (SSSR count). The zero-order chi connectivity index (χ0) is 25.0. The van der Waals surface area contributed by atoms with Gasteiger partial charge < -0.3 is 4.74 Å². The van der Waals surface area contributed by atoms with Crippen molar-refractivity contribution in [3.8, 4) is 17.3 Å². The molecule has 0 atom stereocenters. The topological polar surface area (TPSA) is 51.5 Å². The van der Waals surface area contributed by atoms with Crippen LogP contribution >= 0.6 is 15.9 Å². The summed E-state index contributed by atoms with van der Waals surface area (Å²) >= 11 is 3.55. The van der Waals surface area contributed by atoms with Crippen molar-refractivity contribution >= 4 is 44.0 Å². The maximum absolute atomic E-state index is 14.2. The van der Waals surface area contributed by atoms with E-state index in [4.69, 9.17) is 4.74 Å². The maximum Gasteiger partial charge on any atom is 0.266 e. The van der Waals surface area contributed by atoms with Crippen molar-refractivity contribution in [2.75, 3.05) is 4.90 Å². The normalized spacial score (nSPS) is 12.6. The average Bonchev–Trinajstić information content (AvgIpc) is 3.00. The van der Waals surface area contributed by atoms with E-state index in [0.717, 1.165) is 21.3 Å². The highest BCUT2D eigenvalue weighted by Gasteiger charge is 2.34. The lowest BCUT2D eigenvalue weighted by Gasteiger charge is -2.26. The smallest absolute Gasteiger partial charge is 0.266 e. The fourth-order valence-corrected chi connectivity index (χ4v) is 5.29. The number of amides is 1. The second-order valence-electron chi connectivity index (χ2n) is 8.80. The molecule has 0 unspecified atom stereocenters. The molecule has 0 N–H and O–H groups in total. The number of hydrogen-bond donors (Lipinski definition) is 0.